The molecular formula is C26H23N3O3. The zero-order valence-corrected chi connectivity index (χ0v) is 17.7. The van der Waals surface area contributed by atoms with Crippen LogP contribution in [0.5, 0.6) is 17.4 Å². The molecule has 32 heavy (non-hydrogen) atoms. The van der Waals surface area contributed by atoms with Gasteiger partial charge in [0.25, 0.3) is 5.91 Å². The van der Waals surface area contributed by atoms with E-state index in [1.165, 1.54) is 0 Å². The van der Waals surface area contributed by atoms with Gasteiger partial charge in [0.05, 0.1) is 11.4 Å². The van der Waals surface area contributed by atoms with Crippen molar-refractivity contribution in [2.24, 2.45) is 10.2 Å². The summed E-state index contributed by atoms with van der Waals surface area (Å²) in [6.07, 6.45) is 1.93. The molecular weight excluding hydrogens is 402 g/mol. The molecule has 0 unspecified atom stereocenters. The third-order valence-corrected chi connectivity index (χ3v) is 5.83. The number of hydrogen-bond donors (Lipinski definition) is 1. The fourth-order valence-electron chi connectivity index (χ4n) is 4.25. The fourth-order valence-corrected chi connectivity index (χ4v) is 4.25. The second kappa shape index (κ2) is 8.30. The number of azo groups is 1. The highest BCUT2D eigenvalue weighted by molar-refractivity contribution is 5.96. The Bertz CT molecular complexity index is 1290. The Morgan fingerprint density at radius 1 is 0.969 bits per heavy atom. The number of nitrogens with zero attached hydrogens (tertiary/aromatic N) is 3. The summed E-state index contributed by atoms with van der Waals surface area (Å²) in [5.74, 6) is 0.287. The minimum atomic E-state index is -0.615. The summed E-state index contributed by atoms with van der Waals surface area (Å²) in [5.41, 5.74) is 2.70. The van der Waals surface area contributed by atoms with E-state index in [9.17, 15) is 9.90 Å². The summed E-state index contributed by atoms with van der Waals surface area (Å²) in [5, 5.41) is 19.9. The molecule has 3 aromatic carbocycles. The second-order valence-electron chi connectivity index (χ2n) is 7.84. The Morgan fingerprint density at radius 2 is 1.59 bits per heavy atom. The van der Waals surface area contributed by atoms with E-state index >= 15 is 0 Å². The van der Waals surface area contributed by atoms with Crippen LogP contribution in [0.1, 0.15) is 36.8 Å². The van der Waals surface area contributed by atoms with Gasteiger partial charge in [-0.25, -0.2) is 0 Å². The molecule has 0 aliphatic carbocycles. The number of aryl methyl sites for hydroxylation is 1. The van der Waals surface area contributed by atoms with Gasteiger partial charge in [-0.15, -0.1) is 10.2 Å². The molecule has 1 aliphatic rings. The van der Waals surface area contributed by atoms with E-state index in [0.29, 0.717) is 23.7 Å². The van der Waals surface area contributed by atoms with Gasteiger partial charge >= 0.3 is 0 Å². The van der Waals surface area contributed by atoms with Crippen LogP contribution in [0.2, 0.25) is 0 Å². The smallest absolute Gasteiger partial charge is 0.276 e. The van der Waals surface area contributed by atoms with Crippen LogP contribution in [0.3, 0.4) is 0 Å². The highest BCUT2D eigenvalue weighted by Crippen LogP contribution is 2.45. The number of carbonyl (C=O) groups excluding carboxylic acids is 1. The number of rotatable bonds is 5. The van der Waals surface area contributed by atoms with Crippen molar-refractivity contribution in [3.8, 4) is 17.4 Å². The van der Waals surface area contributed by atoms with Crippen molar-refractivity contribution in [3.63, 3.8) is 0 Å². The van der Waals surface area contributed by atoms with Gasteiger partial charge in [0, 0.05) is 23.1 Å². The number of unbranched alkanes of at least 4 members (excludes halogenated alkanes) is 1. The molecule has 1 aromatic heterocycles. The Morgan fingerprint density at radius 3 is 2.28 bits per heavy atom. The van der Waals surface area contributed by atoms with Gasteiger partial charge in [-0.05, 0) is 24.6 Å². The normalized spacial score (nSPS) is 13.2. The van der Waals surface area contributed by atoms with Crippen LogP contribution in [-0.2, 0) is 11.3 Å². The first kappa shape index (κ1) is 20.0. The van der Waals surface area contributed by atoms with Crippen molar-refractivity contribution < 1.29 is 14.6 Å². The number of hydrogen-bond acceptors (Lipinski definition) is 4. The fraction of sp³-hybridized carbons (Fsp3) is 0.192. The summed E-state index contributed by atoms with van der Waals surface area (Å²) in [6.45, 7) is 2.78. The number of amides is 1. The highest BCUT2D eigenvalue weighted by Gasteiger charge is 2.32. The lowest BCUT2D eigenvalue weighted by Gasteiger charge is -2.25. The van der Waals surface area contributed by atoms with Gasteiger partial charge < -0.3 is 14.4 Å². The monoisotopic (exact) mass is 425 g/mol. The average molecular weight is 425 g/mol. The summed E-state index contributed by atoms with van der Waals surface area (Å²) in [4.78, 5) is 13.3. The molecule has 0 saturated carbocycles. The second-order valence-corrected chi connectivity index (χ2v) is 7.84. The van der Waals surface area contributed by atoms with Gasteiger partial charge in [0.2, 0.25) is 5.88 Å². The van der Waals surface area contributed by atoms with Gasteiger partial charge in [-0.2, -0.15) is 0 Å². The molecule has 1 amide bonds. The van der Waals surface area contributed by atoms with E-state index in [1.807, 2.05) is 77.4 Å². The predicted octanol–water partition coefficient (Wildman–Crippen LogP) is 6.70. The molecule has 4 aromatic rings. The largest absolute Gasteiger partial charge is 0.493 e. The zero-order chi connectivity index (χ0) is 22.1. The summed E-state index contributed by atoms with van der Waals surface area (Å²) in [6, 6.07) is 22.6. The molecule has 0 fully saturated rings. The Hall–Kier alpha value is -3.93. The van der Waals surface area contributed by atoms with E-state index in [0.717, 1.165) is 34.9 Å². The third-order valence-electron chi connectivity index (χ3n) is 5.83. The Labute approximate surface area is 185 Å². The molecule has 2 heterocycles. The first-order chi connectivity index (χ1) is 15.7. The maximum Gasteiger partial charge on any atom is 0.276 e. The molecule has 0 bridgehead atoms. The van der Waals surface area contributed by atoms with Gasteiger partial charge in [-0.1, -0.05) is 67.9 Å². The van der Waals surface area contributed by atoms with Crippen LogP contribution < -0.4 is 4.74 Å². The lowest BCUT2D eigenvalue weighted by molar-refractivity contribution is -0.119. The van der Waals surface area contributed by atoms with Gasteiger partial charge in [0.1, 0.15) is 11.5 Å². The van der Waals surface area contributed by atoms with Crippen molar-refractivity contribution in [3.05, 3.63) is 83.9 Å². The minimum absolute atomic E-state index is 0.0315. The predicted molar refractivity (Wildman–Crippen MR) is 123 cm³/mol. The topological polar surface area (TPSA) is 76.2 Å². The maximum absolute atomic E-state index is 13.3. The Kier molecular flexibility index (Phi) is 5.19. The first-order valence-electron chi connectivity index (χ1n) is 10.8. The summed E-state index contributed by atoms with van der Waals surface area (Å²) >= 11 is 0. The highest BCUT2D eigenvalue weighted by atomic mass is 16.5. The molecule has 1 N–H and O–H groups in total. The standard InChI is InChI=1S/C26H23N3O3/c1-2-3-16-29-20-13-7-4-10-17(20)24(26(29)31)27-28-25(30)23-18-11-5-8-14-21(18)32-22-15-9-6-12-19(22)23/h4-15,23,31H,2-3,16H2,1H3. The number of aromatic nitrogens is 1. The molecule has 6 nitrogen and oxygen atoms in total. The first-order valence-corrected chi connectivity index (χ1v) is 10.8. The van der Waals surface area contributed by atoms with Gasteiger partial charge in [0.15, 0.2) is 5.69 Å². The number of fused-ring (bicyclic) bond motifs is 3. The molecule has 0 radical (unpaired) electrons. The van der Waals surface area contributed by atoms with Crippen LogP contribution in [0.15, 0.2) is 83.0 Å². The average Bonchev–Trinajstić information content (AvgIpc) is 3.10. The van der Waals surface area contributed by atoms with E-state index in [4.69, 9.17) is 4.74 Å². The molecule has 160 valence electrons. The van der Waals surface area contributed by atoms with E-state index in [-0.39, 0.29) is 5.88 Å². The summed E-state index contributed by atoms with van der Waals surface area (Å²) < 4.78 is 7.80. The van der Waals surface area contributed by atoms with Crippen LogP contribution in [-0.4, -0.2) is 15.6 Å². The van der Waals surface area contributed by atoms with Crippen LogP contribution in [0.4, 0.5) is 5.69 Å². The molecule has 1 aliphatic heterocycles. The zero-order valence-electron chi connectivity index (χ0n) is 17.7. The number of ether oxygens (including phenoxy) is 1. The molecule has 5 rings (SSSR count). The van der Waals surface area contributed by atoms with Crippen molar-refractivity contribution >= 4 is 22.5 Å². The molecule has 0 atom stereocenters. The maximum atomic E-state index is 13.3. The SMILES string of the molecule is CCCCn1c(O)c(N=NC(=O)C2c3ccccc3Oc3ccccc32)c2ccccc21. The number of carbonyl (C=O) groups is 1. The van der Waals surface area contributed by atoms with Crippen LogP contribution >= 0.6 is 0 Å². The third kappa shape index (κ3) is 3.34. The Balaban J connectivity index is 1.55. The number of aromatic hydroxyl groups is 1. The van der Waals surface area contributed by atoms with E-state index in [1.54, 1.807) is 0 Å². The van der Waals surface area contributed by atoms with Crippen molar-refractivity contribution in [1.29, 1.82) is 0 Å². The summed E-state index contributed by atoms with van der Waals surface area (Å²) in [7, 11) is 0. The van der Waals surface area contributed by atoms with Crippen molar-refractivity contribution in [2.75, 3.05) is 0 Å². The molecule has 0 spiro atoms. The van der Waals surface area contributed by atoms with Crippen molar-refractivity contribution in [2.45, 2.75) is 32.2 Å². The molecule has 0 saturated heterocycles. The quantitative estimate of drug-likeness (QED) is 0.362. The van der Waals surface area contributed by atoms with E-state index in [2.05, 4.69) is 17.2 Å². The molecule has 6 heteroatoms. The lowest BCUT2D eigenvalue weighted by atomic mass is 9.87. The van der Waals surface area contributed by atoms with Gasteiger partial charge in [-0.3, -0.25) is 4.79 Å². The van der Waals surface area contributed by atoms with E-state index < -0.39 is 11.8 Å². The van der Waals surface area contributed by atoms with Crippen LogP contribution in [0, 0.1) is 0 Å². The van der Waals surface area contributed by atoms with Crippen LogP contribution in [0.25, 0.3) is 10.9 Å². The lowest BCUT2D eigenvalue weighted by Crippen LogP contribution is -2.17. The number of benzene rings is 3. The number of para-hydroxylation sites is 3. The van der Waals surface area contributed by atoms with Crippen molar-refractivity contribution in [1.82, 2.24) is 4.57 Å². The minimum Gasteiger partial charge on any atom is -0.493 e.